The fourth-order valence-electron chi connectivity index (χ4n) is 2.35. The maximum Gasteiger partial charge on any atom is 0.182 e. The van der Waals surface area contributed by atoms with E-state index in [1.165, 1.54) is 0 Å². The van der Waals surface area contributed by atoms with E-state index in [1.807, 2.05) is 47.9 Å². The Kier molecular flexibility index (Phi) is 3.46. The van der Waals surface area contributed by atoms with Crippen molar-refractivity contribution >= 4 is 23.3 Å². The van der Waals surface area contributed by atoms with E-state index in [9.17, 15) is 0 Å². The average Bonchev–Trinajstić information content (AvgIpc) is 2.85. The molecule has 0 radical (unpaired) electrons. The molecule has 2 aromatic carbocycles. The molecule has 1 N–H and O–H groups in total. The zero-order chi connectivity index (χ0) is 14.8. The van der Waals surface area contributed by atoms with Crippen LogP contribution in [0.25, 0.3) is 16.7 Å². The molecule has 21 heavy (non-hydrogen) atoms. The van der Waals surface area contributed by atoms with Gasteiger partial charge in [0.1, 0.15) is 11.3 Å². The summed E-state index contributed by atoms with van der Waals surface area (Å²) in [7, 11) is 0. The Hall–Kier alpha value is -2.58. The molecule has 0 spiro atoms. The largest absolute Gasteiger partial charge is 0.492 e. The Labute approximate surface area is 127 Å². The molecule has 104 valence electrons. The van der Waals surface area contributed by atoms with Gasteiger partial charge in [-0.2, -0.15) is 5.26 Å². The number of nitrogens with one attached hydrogen (secondary N) is 1. The lowest BCUT2D eigenvalue weighted by molar-refractivity contribution is 0.343. The van der Waals surface area contributed by atoms with Crippen LogP contribution in [0.15, 0.2) is 42.5 Å². The summed E-state index contributed by atoms with van der Waals surface area (Å²) < 4.78 is 8.11. The number of aromatic nitrogens is 2. The van der Waals surface area contributed by atoms with Crippen LogP contribution >= 0.6 is 12.2 Å². The molecule has 0 amide bonds. The van der Waals surface area contributed by atoms with Crippen molar-refractivity contribution in [3.8, 4) is 17.5 Å². The van der Waals surface area contributed by atoms with E-state index in [0.717, 1.165) is 22.5 Å². The molecule has 0 atom stereocenters. The number of H-pyrrole nitrogens is 1. The number of aromatic amines is 1. The first kappa shape index (κ1) is 13.4. The fraction of sp³-hybridized carbons (Fsp3) is 0.125. The lowest BCUT2D eigenvalue weighted by Crippen LogP contribution is -1.95. The number of benzene rings is 2. The first-order chi connectivity index (χ1) is 10.2. The quantitative estimate of drug-likeness (QED) is 0.744. The van der Waals surface area contributed by atoms with Crippen molar-refractivity contribution in [3.63, 3.8) is 0 Å². The molecule has 0 saturated carbocycles. The number of nitrogens with zero attached hydrogens (tertiary/aromatic N) is 2. The maximum atomic E-state index is 9.04. The average molecular weight is 295 g/mol. The van der Waals surface area contributed by atoms with Gasteiger partial charge in [0, 0.05) is 5.69 Å². The first-order valence-electron chi connectivity index (χ1n) is 6.61. The number of rotatable bonds is 3. The molecule has 0 fully saturated rings. The van der Waals surface area contributed by atoms with Gasteiger partial charge in [-0.1, -0.05) is 12.1 Å². The highest BCUT2D eigenvalue weighted by Crippen LogP contribution is 2.27. The predicted molar refractivity (Wildman–Crippen MR) is 84.3 cm³/mol. The van der Waals surface area contributed by atoms with Gasteiger partial charge in [0.15, 0.2) is 4.77 Å². The van der Waals surface area contributed by atoms with E-state index in [4.69, 9.17) is 22.2 Å². The summed E-state index contributed by atoms with van der Waals surface area (Å²) in [6, 6.07) is 15.3. The normalized spacial score (nSPS) is 10.5. The standard InChI is InChI=1S/C16H13N3OS/c1-2-20-14-8-4-7-13-15(14)18-16(21)19(13)12-6-3-5-11(9-12)10-17/h3-9H,2H2,1H3,(H,18,21). The molecule has 4 nitrogen and oxygen atoms in total. The summed E-state index contributed by atoms with van der Waals surface area (Å²) in [6.45, 7) is 2.54. The van der Waals surface area contributed by atoms with Gasteiger partial charge in [0.25, 0.3) is 0 Å². The molecule has 0 unspecified atom stereocenters. The van der Waals surface area contributed by atoms with Crippen molar-refractivity contribution in [3.05, 3.63) is 52.8 Å². The summed E-state index contributed by atoms with van der Waals surface area (Å²) in [4.78, 5) is 3.19. The van der Waals surface area contributed by atoms with Gasteiger partial charge in [-0.3, -0.25) is 4.57 Å². The van der Waals surface area contributed by atoms with E-state index >= 15 is 0 Å². The Morgan fingerprint density at radius 3 is 2.86 bits per heavy atom. The zero-order valence-corrected chi connectivity index (χ0v) is 12.3. The zero-order valence-electron chi connectivity index (χ0n) is 11.5. The van der Waals surface area contributed by atoms with Crippen LogP contribution in [0, 0.1) is 16.1 Å². The van der Waals surface area contributed by atoms with Crippen LogP contribution in [0.4, 0.5) is 0 Å². The van der Waals surface area contributed by atoms with Crippen LogP contribution in [0.1, 0.15) is 12.5 Å². The number of ether oxygens (including phenoxy) is 1. The van der Waals surface area contributed by atoms with Crippen LogP contribution in [0.3, 0.4) is 0 Å². The van der Waals surface area contributed by atoms with Crippen molar-refractivity contribution < 1.29 is 4.74 Å². The van der Waals surface area contributed by atoms with Gasteiger partial charge in [0.05, 0.1) is 23.8 Å². The smallest absolute Gasteiger partial charge is 0.182 e. The second-order valence-corrected chi connectivity index (χ2v) is 4.90. The second-order valence-electron chi connectivity index (χ2n) is 4.51. The van der Waals surface area contributed by atoms with Crippen molar-refractivity contribution in [1.82, 2.24) is 9.55 Å². The molecule has 0 saturated heterocycles. The molecule has 0 aliphatic rings. The minimum atomic E-state index is 0.576. The molecule has 0 aliphatic heterocycles. The lowest BCUT2D eigenvalue weighted by Gasteiger charge is -2.06. The topological polar surface area (TPSA) is 53.7 Å². The molecule has 3 aromatic rings. The SMILES string of the molecule is CCOc1cccc2c1[nH]c(=S)n2-c1cccc(C#N)c1. The summed E-state index contributed by atoms with van der Waals surface area (Å²) in [5.41, 5.74) is 3.26. The summed E-state index contributed by atoms with van der Waals surface area (Å²) >= 11 is 5.43. The third kappa shape index (κ3) is 2.30. The molecule has 0 bridgehead atoms. The number of hydrogen-bond donors (Lipinski definition) is 1. The van der Waals surface area contributed by atoms with Gasteiger partial charge in [-0.05, 0) is 49.5 Å². The van der Waals surface area contributed by atoms with Gasteiger partial charge in [0.2, 0.25) is 0 Å². The summed E-state index contributed by atoms with van der Waals surface area (Å²) in [6.07, 6.45) is 0. The third-order valence-corrected chi connectivity index (χ3v) is 3.50. The number of imidazole rings is 1. The van der Waals surface area contributed by atoms with E-state index < -0.39 is 0 Å². The predicted octanol–water partition coefficient (Wildman–Crippen LogP) is 3.96. The molecule has 0 aliphatic carbocycles. The highest BCUT2D eigenvalue weighted by Gasteiger charge is 2.10. The first-order valence-corrected chi connectivity index (χ1v) is 7.02. The number of nitriles is 1. The molecule has 1 aromatic heterocycles. The molecule has 3 rings (SSSR count). The van der Waals surface area contributed by atoms with Crippen molar-refractivity contribution in [2.75, 3.05) is 6.61 Å². The Balaban J connectivity index is 2.28. The van der Waals surface area contributed by atoms with Crippen molar-refractivity contribution in [2.45, 2.75) is 6.92 Å². The Morgan fingerprint density at radius 2 is 2.10 bits per heavy atom. The Morgan fingerprint density at radius 1 is 1.29 bits per heavy atom. The molecule has 5 heteroatoms. The molecule has 1 heterocycles. The van der Waals surface area contributed by atoms with Crippen molar-refractivity contribution in [1.29, 1.82) is 5.26 Å². The minimum absolute atomic E-state index is 0.576. The van der Waals surface area contributed by atoms with Crippen LogP contribution < -0.4 is 4.74 Å². The van der Waals surface area contributed by atoms with Crippen LogP contribution in [-0.2, 0) is 0 Å². The van der Waals surface area contributed by atoms with Crippen LogP contribution in [-0.4, -0.2) is 16.2 Å². The van der Waals surface area contributed by atoms with Crippen LogP contribution in [0.5, 0.6) is 5.75 Å². The number of hydrogen-bond acceptors (Lipinski definition) is 3. The minimum Gasteiger partial charge on any atom is -0.492 e. The van der Waals surface area contributed by atoms with E-state index in [-0.39, 0.29) is 0 Å². The van der Waals surface area contributed by atoms with Gasteiger partial charge >= 0.3 is 0 Å². The monoisotopic (exact) mass is 295 g/mol. The van der Waals surface area contributed by atoms with Crippen molar-refractivity contribution in [2.24, 2.45) is 0 Å². The van der Waals surface area contributed by atoms with Gasteiger partial charge in [-0.15, -0.1) is 0 Å². The maximum absolute atomic E-state index is 9.04. The van der Waals surface area contributed by atoms with Gasteiger partial charge < -0.3 is 9.72 Å². The fourth-order valence-corrected chi connectivity index (χ4v) is 2.66. The summed E-state index contributed by atoms with van der Waals surface area (Å²) in [5.74, 6) is 0.774. The lowest BCUT2D eigenvalue weighted by atomic mass is 10.2. The van der Waals surface area contributed by atoms with E-state index in [2.05, 4.69) is 11.1 Å². The highest BCUT2D eigenvalue weighted by atomic mass is 32.1. The van der Waals surface area contributed by atoms with E-state index in [0.29, 0.717) is 16.9 Å². The third-order valence-electron chi connectivity index (χ3n) is 3.21. The van der Waals surface area contributed by atoms with Gasteiger partial charge in [-0.25, -0.2) is 0 Å². The second kappa shape index (κ2) is 5.43. The highest BCUT2D eigenvalue weighted by molar-refractivity contribution is 7.71. The number of para-hydroxylation sites is 1. The Bertz CT molecular complexity index is 902. The van der Waals surface area contributed by atoms with E-state index in [1.54, 1.807) is 6.07 Å². The molecular weight excluding hydrogens is 282 g/mol. The number of fused-ring (bicyclic) bond motifs is 1. The molecular formula is C16H13N3OS. The van der Waals surface area contributed by atoms with Crippen LogP contribution in [0.2, 0.25) is 0 Å². The summed E-state index contributed by atoms with van der Waals surface area (Å²) in [5, 5.41) is 9.04.